The van der Waals surface area contributed by atoms with E-state index in [4.69, 9.17) is 16.7 Å². The molecular formula is C47H34F12O12S4. The van der Waals surface area contributed by atoms with E-state index in [1.54, 1.807) is 0 Å². The van der Waals surface area contributed by atoms with Gasteiger partial charge in [-0.3, -0.25) is 8.37 Å². The van der Waals surface area contributed by atoms with Crippen LogP contribution in [0.1, 0.15) is 59.1 Å². The Labute approximate surface area is 420 Å². The normalized spacial score (nSPS) is 14.3. The number of halogens is 12. The fourth-order valence-electron chi connectivity index (χ4n) is 8.03. The molecule has 1 aliphatic rings. The maximum Gasteiger partial charge on any atom is 0.416 e. The zero-order chi connectivity index (χ0) is 55.2. The second-order valence-electron chi connectivity index (χ2n) is 16.4. The van der Waals surface area contributed by atoms with Crippen molar-refractivity contribution in [2.24, 2.45) is 0 Å². The lowest BCUT2D eigenvalue weighted by Gasteiger charge is -2.33. The van der Waals surface area contributed by atoms with E-state index >= 15 is 0 Å². The Morgan fingerprint density at radius 2 is 0.600 bits per heavy atom. The van der Waals surface area contributed by atoms with E-state index in [-0.39, 0.29) is 47.9 Å². The van der Waals surface area contributed by atoms with E-state index in [1.807, 2.05) is 0 Å². The molecule has 0 aromatic heterocycles. The van der Waals surface area contributed by atoms with Gasteiger partial charge in [-0.1, -0.05) is 12.1 Å². The highest BCUT2D eigenvalue weighted by molar-refractivity contribution is 7.87. The van der Waals surface area contributed by atoms with E-state index in [2.05, 4.69) is 0 Å². The standard InChI is InChI=1S/C47H34F12O12S4/c48-44(49,50)29-3-13-35(14-4-29)72(60,61)68-25-1-23-43(24-2-26-69-73(62,63)36-15-5-30(6-16-36)45(51,52)53)41-27-33(70-74(64,65)37-17-7-31(8-18-37)46(54,55)56)11-21-39(41)40-22-12-34(28-42(40)43)71-75(66,67)38-19-9-32(10-20-38)47(57,58)59/h3-22,27-28H,1-2,23-26H2. The van der Waals surface area contributed by atoms with Gasteiger partial charge in [-0.05, 0) is 169 Å². The largest absolute Gasteiger partial charge is 0.416 e. The molecule has 1 aliphatic carbocycles. The van der Waals surface area contributed by atoms with Gasteiger partial charge in [-0.15, -0.1) is 0 Å². The van der Waals surface area contributed by atoms with Gasteiger partial charge in [0.05, 0.1) is 45.3 Å². The van der Waals surface area contributed by atoms with Crippen molar-refractivity contribution < 1.29 is 103 Å². The summed E-state index contributed by atoms with van der Waals surface area (Å²) < 4.78 is 287. The van der Waals surface area contributed by atoms with Crippen molar-refractivity contribution in [2.45, 2.75) is 75.4 Å². The molecule has 0 aliphatic heterocycles. The summed E-state index contributed by atoms with van der Waals surface area (Å²) in [5.74, 6) is -0.955. The molecule has 0 saturated heterocycles. The second kappa shape index (κ2) is 20.4. The minimum absolute atomic E-state index is 0.108. The predicted molar refractivity (Wildman–Crippen MR) is 239 cm³/mol. The molecule has 6 aromatic rings. The quantitative estimate of drug-likeness (QED) is 0.0453. The molecular weight excluding hydrogens is 1110 g/mol. The summed E-state index contributed by atoms with van der Waals surface area (Å²) in [5.41, 5.74) is -5.70. The molecule has 0 N–H and O–H groups in total. The molecule has 0 spiro atoms. The zero-order valence-corrected chi connectivity index (χ0v) is 40.8. The highest BCUT2D eigenvalue weighted by Gasteiger charge is 2.44. The Bertz CT molecular complexity index is 3290. The molecule has 0 radical (unpaired) electrons. The van der Waals surface area contributed by atoms with Crippen LogP contribution < -0.4 is 8.37 Å². The van der Waals surface area contributed by atoms with Gasteiger partial charge in [-0.25, -0.2) is 0 Å². The Hall–Kier alpha value is -6.20. The summed E-state index contributed by atoms with van der Waals surface area (Å²) in [4.78, 5) is -2.81. The van der Waals surface area contributed by atoms with E-state index < -0.39 is 137 Å². The summed E-state index contributed by atoms with van der Waals surface area (Å²) in [6.45, 7) is -1.46. The average molecular weight is 1150 g/mol. The third-order valence-corrected chi connectivity index (χ3v) is 16.7. The van der Waals surface area contributed by atoms with Gasteiger partial charge in [0, 0.05) is 5.41 Å². The number of hydrogen-bond donors (Lipinski definition) is 0. The number of hydrogen-bond acceptors (Lipinski definition) is 12. The topological polar surface area (TPSA) is 173 Å². The van der Waals surface area contributed by atoms with E-state index in [0.717, 1.165) is 24.3 Å². The number of benzene rings is 6. The fraction of sp³-hybridized carbons (Fsp3) is 0.234. The van der Waals surface area contributed by atoms with Crippen LogP contribution in [0.25, 0.3) is 11.1 Å². The van der Waals surface area contributed by atoms with Crippen LogP contribution in [-0.4, -0.2) is 46.9 Å². The van der Waals surface area contributed by atoms with Crippen LogP contribution >= 0.6 is 0 Å². The van der Waals surface area contributed by atoms with E-state index in [0.29, 0.717) is 97.1 Å². The lowest BCUT2D eigenvalue weighted by Crippen LogP contribution is -2.27. The molecule has 75 heavy (non-hydrogen) atoms. The van der Waals surface area contributed by atoms with Crippen LogP contribution in [-0.2, 0) is 79.0 Å². The Kier molecular flexibility index (Phi) is 15.4. The van der Waals surface area contributed by atoms with Crippen LogP contribution in [0.15, 0.2) is 153 Å². The molecule has 0 unspecified atom stereocenters. The van der Waals surface area contributed by atoms with Gasteiger partial charge in [-0.2, -0.15) is 86.4 Å². The van der Waals surface area contributed by atoms with E-state index in [9.17, 15) is 86.4 Å². The maximum atomic E-state index is 13.5. The Balaban J connectivity index is 1.28. The smallest absolute Gasteiger partial charge is 0.379 e. The van der Waals surface area contributed by atoms with Crippen LogP contribution in [0, 0.1) is 0 Å². The van der Waals surface area contributed by atoms with Gasteiger partial charge in [0.15, 0.2) is 0 Å². The summed E-state index contributed by atoms with van der Waals surface area (Å²) in [6.07, 6.45) is -20.6. The van der Waals surface area contributed by atoms with Gasteiger partial charge in [0.25, 0.3) is 20.2 Å². The first-order valence-corrected chi connectivity index (χ1v) is 26.9. The maximum absolute atomic E-state index is 13.5. The van der Waals surface area contributed by atoms with E-state index in [1.165, 1.54) is 12.1 Å². The highest BCUT2D eigenvalue weighted by Crippen LogP contribution is 2.56. The van der Waals surface area contributed by atoms with Crippen LogP contribution in [0.5, 0.6) is 11.5 Å². The Morgan fingerprint density at radius 3 is 0.853 bits per heavy atom. The van der Waals surface area contributed by atoms with Gasteiger partial charge < -0.3 is 8.37 Å². The summed E-state index contributed by atoms with van der Waals surface area (Å²) in [5, 5.41) is 0. The molecule has 7 rings (SSSR count). The zero-order valence-electron chi connectivity index (χ0n) is 37.5. The fourth-order valence-corrected chi connectivity index (χ4v) is 11.8. The van der Waals surface area contributed by atoms with Crippen molar-refractivity contribution in [3.05, 3.63) is 167 Å². The molecule has 0 saturated carbocycles. The molecule has 0 heterocycles. The SMILES string of the molecule is O=S(=O)(OCCCC1(CCCOS(=O)(=O)c2ccc(C(F)(F)F)cc2)c2cc(OS(=O)(=O)c3ccc(C(F)(F)F)cc3)ccc2-c2ccc(OS(=O)(=O)c3ccc(C(F)(F)F)cc3)cc21)c1ccc(C(F)(F)F)cc1. The molecule has 0 fully saturated rings. The van der Waals surface area contributed by atoms with Crippen molar-refractivity contribution in [3.8, 4) is 22.6 Å². The third kappa shape index (κ3) is 12.7. The second-order valence-corrected chi connectivity index (χ2v) is 22.7. The first kappa shape index (κ1) is 56.5. The van der Waals surface area contributed by atoms with Crippen molar-refractivity contribution in [2.75, 3.05) is 13.2 Å². The summed E-state index contributed by atoms with van der Waals surface area (Å²) in [7, 11) is -19.4. The van der Waals surface area contributed by atoms with Crippen LogP contribution in [0.2, 0.25) is 0 Å². The first-order chi connectivity index (χ1) is 34.6. The minimum Gasteiger partial charge on any atom is -0.379 e. The van der Waals surface area contributed by atoms with Crippen LogP contribution in [0.4, 0.5) is 52.7 Å². The van der Waals surface area contributed by atoms with Crippen LogP contribution in [0.3, 0.4) is 0 Å². The average Bonchev–Trinajstić information content (AvgIpc) is 3.58. The third-order valence-electron chi connectivity index (χ3n) is 11.6. The monoisotopic (exact) mass is 1150 g/mol. The van der Waals surface area contributed by atoms with Crippen molar-refractivity contribution in [1.82, 2.24) is 0 Å². The van der Waals surface area contributed by atoms with Gasteiger partial charge in [0.2, 0.25) is 0 Å². The molecule has 0 bridgehead atoms. The molecule has 12 nitrogen and oxygen atoms in total. The number of alkyl halides is 12. The van der Waals surface area contributed by atoms with Crippen molar-refractivity contribution in [3.63, 3.8) is 0 Å². The van der Waals surface area contributed by atoms with Gasteiger partial charge in [0.1, 0.15) is 21.3 Å². The molecule has 6 aromatic carbocycles. The number of fused-ring (bicyclic) bond motifs is 3. The molecule has 402 valence electrons. The molecule has 28 heteroatoms. The summed E-state index contributed by atoms with van der Waals surface area (Å²) in [6, 6.07) is 16.2. The van der Waals surface area contributed by atoms with Crippen molar-refractivity contribution in [1.29, 1.82) is 0 Å². The first-order valence-electron chi connectivity index (χ1n) is 21.3. The van der Waals surface area contributed by atoms with Crippen molar-refractivity contribution >= 4 is 40.5 Å². The molecule has 0 atom stereocenters. The molecule has 0 amide bonds. The number of rotatable bonds is 18. The Morgan fingerprint density at radius 1 is 0.347 bits per heavy atom. The highest BCUT2D eigenvalue weighted by atomic mass is 32.2. The predicted octanol–water partition coefficient (Wildman–Crippen LogP) is 11.9. The van der Waals surface area contributed by atoms with Gasteiger partial charge >= 0.3 is 44.9 Å². The summed E-state index contributed by atoms with van der Waals surface area (Å²) >= 11 is 0. The lowest BCUT2D eigenvalue weighted by molar-refractivity contribution is -0.138. The lowest BCUT2D eigenvalue weighted by atomic mass is 9.71. The minimum atomic E-state index is -4.93.